The summed E-state index contributed by atoms with van der Waals surface area (Å²) in [5.41, 5.74) is 6.37. The molecular formula is C16H27NO2. The van der Waals surface area contributed by atoms with E-state index in [1.807, 2.05) is 20.8 Å². The average Bonchev–Trinajstić information content (AvgIpc) is 2.94. The number of nitrogens with two attached hydrogens (primary N) is 1. The molecule has 0 radical (unpaired) electrons. The van der Waals surface area contributed by atoms with Crippen LogP contribution in [-0.4, -0.2) is 18.1 Å². The van der Waals surface area contributed by atoms with Gasteiger partial charge in [0.25, 0.3) is 0 Å². The molecule has 3 rings (SSSR count). The number of carbonyl (C=O) groups is 1. The second-order valence-electron chi connectivity index (χ2n) is 8.31. The summed E-state index contributed by atoms with van der Waals surface area (Å²) in [6, 6.07) is 0. The third-order valence-corrected chi connectivity index (χ3v) is 5.65. The maximum Gasteiger partial charge on any atom is 0.306 e. The fraction of sp³-hybridized carbons (Fsp3) is 0.938. The fourth-order valence-electron chi connectivity index (χ4n) is 4.62. The van der Waals surface area contributed by atoms with Crippen LogP contribution in [0.25, 0.3) is 0 Å². The van der Waals surface area contributed by atoms with Crippen molar-refractivity contribution in [1.82, 2.24) is 0 Å². The topological polar surface area (TPSA) is 52.3 Å². The van der Waals surface area contributed by atoms with Crippen molar-refractivity contribution < 1.29 is 9.53 Å². The van der Waals surface area contributed by atoms with E-state index >= 15 is 0 Å². The van der Waals surface area contributed by atoms with Crippen LogP contribution in [0.4, 0.5) is 0 Å². The number of hydrogen-bond donors (Lipinski definition) is 1. The third kappa shape index (κ3) is 2.31. The number of ether oxygens (including phenoxy) is 1. The molecular weight excluding hydrogens is 238 g/mol. The van der Waals surface area contributed by atoms with Crippen molar-refractivity contribution in [3.8, 4) is 0 Å². The first-order valence-corrected chi connectivity index (χ1v) is 7.70. The molecule has 3 heteroatoms. The fourth-order valence-corrected chi connectivity index (χ4v) is 4.62. The molecule has 0 amide bonds. The molecule has 0 unspecified atom stereocenters. The summed E-state index contributed by atoms with van der Waals surface area (Å²) in [4.78, 5) is 12.1. The Hall–Kier alpha value is -0.570. The van der Waals surface area contributed by atoms with Crippen LogP contribution in [0.3, 0.4) is 0 Å². The van der Waals surface area contributed by atoms with Crippen molar-refractivity contribution in [2.24, 2.45) is 28.4 Å². The maximum absolute atomic E-state index is 12.1. The lowest BCUT2D eigenvalue weighted by Gasteiger charge is -2.52. The Kier molecular flexibility index (Phi) is 2.80. The molecule has 108 valence electrons. The first-order valence-electron chi connectivity index (χ1n) is 7.70. The quantitative estimate of drug-likeness (QED) is 0.798. The van der Waals surface area contributed by atoms with Crippen LogP contribution >= 0.6 is 0 Å². The van der Waals surface area contributed by atoms with Crippen LogP contribution in [0.1, 0.15) is 59.3 Å². The van der Waals surface area contributed by atoms with Gasteiger partial charge in [0.1, 0.15) is 5.60 Å². The zero-order chi connectivity index (χ0) is 13.9. The van der Waals surface area contributed by atoms with Crippen LogP contribution in [0, 0.1) is 22.7 Å². The zero-order valence-corrected chi connectivity index (χ0v) is 12.5. The second-order valence-corrected chi connectivity index (χ2v) is 8.31. The van der Waals surface area contributed by atoms with Gasteiger partial charge in [-0.05, 0) is 82.1 Å². The lowest BCUT2D eigenvalue weighted by Crippen LogP contribution is -2.51. The molecule has 3 nitrogen and oxygen atoms in total. The van der Waals surface area contributed by atoms with Crippen molar-refractivity contribution in [2.75, 3.05) is 6.54 Å². The van der Waals surface area contributed by atoms with Gasteiger partial charge in [-0.1, -0.05) is 0 Å². The summed E-state index contributed by atoms with van der Waals surface area (Å²) in [6.07, 6.45) is 7.21. The standard InChI is InChI=1S/C16H27NO2/c1-14(2,3)19-13(18)9-16(10-17)7-11-6-15(4-5-15)8-12(11)16/h11-12H,4-10,17H2,1-3H3/t11-,12-,16-/m1/s1. The summed E-state index contributed by atoms with van der Waals surface area (Å²) in [5.74, 6) is 1.47. The van der Waals surface area contributed by atoms with Crippen molar-refractivity contribution in [2.45, 2.75) is 64.9 Å². The van der Waals surface area contributed by atoms with E-state index in [9.17, 15) is 4.79 Å². The van der Waals surface area contributed by atoms with Crippen LogP contribution in [0.15, 0.2) is 0 Å². The highest BCUT2D eigenvalue weighted by molar-refractivity contribution is 5.71. The van der Waals surface area contributed by atoms with Crippen molar-refractivity contribution in [3.63, 3.8) is 0 Å². The first-order chi connectivity index (χ1) is 8.78. The van der Waals surface area contributed by atoms with Crippen LogP contribution < -0.4 is 5.73 Å². The van der Waals surface area contributed by atoms with Crippen molar-refractivity contribution in [3.05, 3.63) is 0 Å². The Balaban J connectivity index is 1.64. The van der Waals surface area contributed by atoms with E-state index in [0.29, 0.717) is 24.3 Å². The van der Waals surface area contributed by atoms with E-state index in [0.717, 1.165) is 12.3 Å². The molecule has 2 N–H and O–H groups in total. The molecule has 1 spiro atoms. The Bertz CT molecular complexity index is 394. The van der Waals surface area contributed by atoms with E-state index in [4.69, 9.17) is 10.5 Å². The van der Waals surface area contributed by atoms with Crippen LogP contribution in [0.5, 0.6) is 0 Å². The largest absolute Gasteiger partial charge is 0.460 e. The highest BCUT2D eigenvalue weighted by Crippen LogP contribution is 2.72. The number of esters is 1. The predicted molar refractivity (Wildman–Crippen MR) is 74.4 cm³/mol. The maximum atomic E-state index is 12.1. The van der Waals surface area contributed by atoms with Gasteiger partial charge in [-0.25, -0.2) is 0 Å². The average molecular weight is 265 g/mol. The van der Waals surface area contributed by atoms with Gasteiger partial charge in [0, 0.05) is 0 Å². The zero-order valence-electron chi connectivity index (χ0n) is 12.5. The molecule has 0 aliphatic heterocycles. The third-order valence-electron chi connectivity index (χ3n) is 5.65. The van der Waals surface area contributed by atoms with E-state index in [2.05, 4.69) is 0 Å². The minimum atomic E-state index is -0.386. The molecule has 3 fully saturated rings. The van der Waals surface area contributed by atoms with Gasteiger partial charge in [0.15, 0.2) is 0 Å². The number of carbonyl (C=O) groups excluding carboxylic acids is 1. The van der Waals surface area contributed by atoms with E-state index < -0.39 is 0 Å². The van der Waals surface area contributed by atoms with Crippen molar-refractivity contribution in [1.29, 1.82) is 0 Å². The van der Waals surface area contributed by atoms with Crippen LogP contribution in [0.2, 0.25) is 0 Å². The smallest absolute Gasteiger partial charge is 0.306 e. The van der Waals surface area contributed by atoms with Gasteiger partial charge in [-0.2, -0.15) is 0 Å². The van der Waals surface area contributed by atoms with Crippen LogP contribution in [-0.2, 0) is 9.53 Å². The minimum absolute atomic E-state index is 0.0547. The van der Waals surface area contributed by atoms with Gasteiger partial charge in [0.05, 0.1) is 6.42 Å². The summed E-state index contributed by atoms with van der Waals surface area (Å²) in [5, 5.41) is 0. The minimum Gasteiger partial charge on any atom is -0.460 e. The lowest BCUT2D eigenvalue weighted by molar-refractivity contribution is -0.163. The molecule has 0 bridgehead atoms. The second kappa shape index (κ2) is 3.97. The normalized spacial score (nSPS) is 38.7. The Morgan fingerprint density at radius 3 is 2.47 bits per heavy atom. The van der Waals surface area contributed by atoms with Gasteiger partial charge in [-0.3, -0.25) is 4.79 Å². The molecule has 0 aromatic heterocycles. The van der Waals surface area contributed by atoms with E-state index in [1.165, 1.54) is 25.7 Å². The molecule has 3 atom stereocenters. The predicted octanol–water partition coefficient (Wildman–Crippen LogP) is 2.87. The highest BCUT2D eigenvalue weighted by Gasteiger charge is 2.64. The molecule has 0 heterocycles. The summed E-state index contributed by atoms with van der Waals surface area (Å²) in [6.45, 7) is 6.43. The van der Waals surface area contributed by atoms with E-state index in [1.54, 1.807) is 0 Å². The van der Waals surface area contributed by atoms with E-state index in [-0.39, 0.29) is 17.0 Å². The Morgan fingerprint density at radius 2 is 1.95 bits per heavy atom. The number of fused-ring (bicyclic) bond motifs is 1. The van der Waals surface area contributed by atoms with Gasteiger partial charge in [-0.15, -0.1) is 0 Å². The summed E-state index contributed by atoms with van der Waals surface area (Å²) in [7, 11) is 0. The van der Waals surface area contributed by atoms with Crippen molar-refractivity contribution >= 4 is 5.97 Å². The summed E-state index contributed by atoms with van der Waals surface area (Å²) >= 11 is 0. The monoisotopic (exact) mass is 265 g/mol. The molecule has 3 saturated carbocycles. The summed E-state index contributed by atoms with van der Waals surface area (Å²) < 4.78 is 5.49. The lowest BCUT2D eigenvalue weighted by atomic mass is 9.53. The molecule has 3 aliphatic carbocycles. The Morgan fingerprint density at radius 1 is 1.26 bits per heavy atom. The molecule has 0 saturated heterocycles. The highest BCUT2D eigenvalue weighted by atomic mass is 16.6. The number of rotatable bonds is 3. The first kappa shape index (κ1) is 13.4. The van der Waals surface area contributed by atoms with Gasteiger partial charge >= 0.3 is 5.97 Å². The molecule has 0 aromatic carbocycles. The molecule has 19 heavy (non-hydrogen) atoms. The molecule has 3 aliphatic rings. The SMILES string of the molecule is CC(C)(C)OC(=O)C[C@@]1(CN)C[C@H]2CC3(CC3)C[C@H]21. The molecule has 0 aromatic rings. The Labute approximate surface area is 116 Å². The van der Waals surface area contributed by atoms with Gasteiger partial charge in [0.2, 0.25) is 0 Å². The van der Waals surface area contributed by atoms with Gasteiger partial charge < -0.3 is 10.5 Å². The number of hydrogen-bond acceptors (Lipinski definition) is 3.